The summed E-state index contributed by atoms with van der Waals surface area (Å²) in [6.45, 7) is -5.64. The highest BCUT2D eigenvalue weighted by molar-refractivity contribution is 5.70. The molecule has 4 bridgehead atoms. The van der Waals surface area contributed by atoms with Crippen molar-refractivity contribution < 1.29 is 85.2 Å². The van der Waals surface area contributed by atoms with Gasteiger partial charge in [-0.1, -0.05) is 0 Å². The van der Waals surface area contributed by atoms with Crippen LogP contribution in [-0.2, 0) is 14.3 Å². The summed E-state index contributed by atoms with van der Waals surface area (Å²) in [5, 5.41) is 8.31. The first-order valence-corrected chi connectivity index (χ1v) is 8.19. The smallest absolute Gasteiger partial charge is 0.339 e. The zero-order valence-electron chi connectivity index (χ0n) is 15.0. The van der Waals surface area contributed by atoms with E-state index in [0.29, 0.717) is 0 Å². The fourth-order valence-corrected chi connectivity index (χ4v) is 4.47. The zero-order chi connectivity index (χ0) is 26.1. The Labute approximate surface area is 170 Å². The standard InChI is InChI=1S/C14H7F15O4/c15-5-9(18,19)6(16)11(22,23)7(17,10(5,20)21)14(28,29)8(12(5,24)25,13(6,26)27)33-2-1-32-4(31)3-30/h30H,1-3H2. The van der Waals surface area contributed by atoms with E-state index in [2.05, 4.69) is 9.47 Å². The molecule has 0 aromatic rings. The number of rotatable bonds is 5. The van der Waals surface area contributed by atoms with Crippen LogP contribution in [0.5, 0.6) is 0 Å². The lowest BCUT2D eigenvalue weighted by molar-refractivity contribution is -0.619. The maximum atomic E-state index is 14.7. The summed E-state index contributed by atoms with van der Waals surface area (Å²) in [5.74, 6) is -48.4. The molecule has 0 unspecified atom stereocenters. The van der Waals surface area contributed by atoms with Crippen molar-refractivity contribution in [3.8, 4) is 0 Å². The summed E-state index contributed by atoms with van der Waals surface area (Å²) < 4.78 is 224. The van der Waals surface area contributed by atoms with E-state index in [9.17, 15) is 70.7 Å². The summed E-state index contributed by atoms with van der Waals surface area (Å²) in [6, 6.07) is 0. The van der Waals surface area contributed by atoms with Crippen LogP contribution in [-0.4, -0.2) is 89.0 Å². The van der Waals surface area contributed by atoms with Crippen LogP contribution in [0.1, 0.15) is 0 Å². The third-order valence-electron chi connectivity index (χ3n) is 6.01. The maximum absolute atomic E-state index is 14.7. The molecule has 0 spiro atoms. The SMILES string of the molecule is O=C(CO)OCCOC12C(F)(F)C3(F)C(F)(F)C(F)(C(F)(F)C(F)(C3(F)F)C1(F)F)C2(F)F. The summed E-state index contributed by atoms with van der Waals surface area (Å²) in [6.07, 6.45) is 0. The van der Waals surface area contributed by atoms with Gasteiger partial charge in [-0.05, 0) is 0 Å². The van der Waals surface area contributed by atoms with Crippen molar-refractivity contribution in [2.24, 2.45) is 0 Å². The molecule has 1 N–H and O–H groups in total. The Bertz CT molecular complexity index is 773. The molecule has 4 aliphatic carbocycles. The van der Waals surface area contributed by atoms with Gasteiger partial charge in [-0.25, -0.2) is 18.0 Å². The van der Waals surface area contributed by atoms with E-state index in [1.54, 1.807) is 0 Å². The van der Waals surface area contributed by atoms with Gasteiger partial charge in [-0.3, -0.25) is 0 Å². The second-order valence-corrected chi connectivity index (χ2v) is 7.33. The van der Waals surface area contributed by atoms with E-state index >= 15 is 0 Å². The minimum absolute atomic E-state index is 1.52. The molecule has 0 aromatic heterocycles. The van der Waals surface area contributed by atoms with Crippen LogP contribution in [0.3, 0.4) is 0 Å². The Morgan fingerprint density at radius 3 is 1.12 bits per heavy atom. The van der Waals surface area contributed by atoms with Gasteiger partial charge in [0.2, 0.25) is 0 Å². The molecule has 0 heterocycles. The molecular formula is C14H7F15O4. The van der Waals surface area contributed by atoms with Gasteiger partial charge < -0.3 is 14.6 Å². The first-order chi connectivity index (χ1) is 14.5. The predicted octanol–water partition coefficient (Wildman–Crippen LogP) is 3.25. The highest BCUT2D eigenvalue weighted by Gasteiger charge is 3.23. The highest BCUT2D eigenvalue weighted by atomic mass is 19.3. The van der Waals surface area contributed by atoms with Crippen molar-refractivity contribution in [2.45, 2.75) is 58.1 Å². The Morgan fingerprint density at radius 2 is 0.848 bits per heavy atom. The molecule has 0 aromatic carbocycles. The number of ether oxygens (including phenoxy) is 2. The maximum Gasteiger partial charge on any atom is 0.339 e. The van der Waals surface area contributed by atoms with Gasteiger partial charge in [-0.2, -0.15) is 52.7 Å². The van der Waals surface area contributed by atoms with Crippen LogP contribution < -0.4 is 0 Å². The van der Waals surface area contributed by atoms with Crippen molar-refractivity contribution >= 4 is 5.97 Å². The third kappa shape index (κ3) is 1.80. The minimum Gasteiger partial charge on any atom is -0.462 e. The molecule has 19 heteroatoms. The molecule has 4 nitrogen and oxygen atoms in total. The number of alkyl halides is 15. The van der Waals surface area contributed by atoms with Gasteiger partial charge in [0.25, 0.3) is 5.60 Å². The van der Waals surface area contributed by atoms with Crippen molar-refractivity contribution in [3.05, 3.63) is 0 Å². The molecule has 4 saturated carbocycles. The number of hydrogen-bond donors (Lipinski definition) is 1. The van der Waals surface area contributed by atoms with Crippen molar-refractivity contribution in [1.82, 2.24) is 0 Å². The van der Waals surface area contributed by atoms with Gasteiger partial charge in [0, 0.05) is 0 Å². The molecule has 33 heavy (non-hydrogen) atoms. The minimum atomic E-state index is -7.89. The van der Waals surface area contributed by atoms with Crippen LogP contribution in [0.15, 0.2) is 0 Å². The van der Waals surface area contributed by atoms with E-state index in [-0.39, 0.29) is 0 Å². The van der Waals surface area contributed by atoms with E-state index in [4.69, 9.17) is 5.11 Å². The monoisotopic (exact) mass is 524 g/mol. The zero-order valence-corrected chi connectivity index (χ0v) is 15.0. The summed E-state index contributed by atoms with van der Waals surface area (Å²) in [5.41, 5.74) is -30.2. The molecule has 192 valence electrons. The second-order valence-electron chi connectivity index (χ2n) is 7.33. The third-order valence-corrected chi connectivity index (χ3v) is 6.01. The molecule has 4 aliphatic rings. The van der Waals surface area contributed by atoms with Gasteiger partial charge in [0.1, 0.15) is 13.2 Å². The number of aliphatic hydroxyl groups is 1. The fraction of sp³-hybridized carbons (Fsp3) is 0.929. The average molecular weight is 524 g/mol. The second kappa shape index (κ2) is 5.93. The van der Waals surface area contributed by atoms with Gasteiger partial charge >= 0.3 is 58.5 Å². The lowest BCUT2D eigenvalue weighted by Crippen LogP contribution is -3.10. The molecule has 0 radical (unpaired) electrons. The van der Waals surface area contributed by atoms with Crippen LogP contribution >= 0.6 is 0 Å². The van der Waals surface area contributed by atoms with Crippen LogP contribution in [0.2, 0.25) is 0 Å². The van der Waals surface area contributed by atoms with Crippen molar-refractivity contribution in [3.63, 3.8) is 0 Å². The molecule has 0 saturated heterocycles. The summed E-state index contributed by atoms with van der Waals surface area (Å²) in [7, 11) is 0. The summed E-state index contributed by atoms with van der Waals surface area (Å²) in [4.78, 5) is 10.7. The van der Waals surface area contributed by atoms with Crippen LogP contribution in [0, 0.1) is 0 Å². The number of carbonyl (C=O) groups is 1. The normalized spacial score (nSPS) is 44.5. The van der Waals surface area contributed by atoms with Crippen molar-refractivity contribution in [2.75, 3.05) is 19.8 Å². The van der Waals surface area contributed by atoms with E-state index in [0.717, 1.165) is 0 Å². The van der Waals surface area contributed by atoms with Gasteiger partial charge in [-0.15, -0.1) is 0 Å². The van der Waals surface area contributed by atoms with E-state index < -0.39 is 83.9 Å². The Kier molecular flexibility index (Phi) is 4.67. The van der Waals surface area contributed by atoms with Crippen molar-refractivity contribution in [1.29, 1.82) is 0 Å². The molecular weight excluding hydrogens is 517 g/mol. The largest absolute Gasteiger partial charge is 0.462 e. The Morgan fingerprint density at radius 1 is 0.545 bits per heavy atom. The lowest BCUT2D eigenvalue weighted by atomic mass is 9.40. The average Bonchev–Trinajstić information content (AvgIpc) is 2.67. The van der Waals surface area contributed by atoms with Crippen LogP contribution in [0.25, 0.3) is 0 Å². The van der Waals surface area contributed by atoms with E-state index in [1.165, 1.54) is 0 Å². The highest BCUT2D eigenvalue weighted by Crippen LogP contribution is 2.88. The molecule has 4 fully saturated rings. The number of esters is 1. The molecule has 0 amide bonds. The Hall–Kier alpha value is -1.66. The first kappa shape index (κ1) is 26.0. The summed E-state index contributed by atoms with van der Waals surface area (Å²) >= 11 is 0. The van der Waals surface area contributed by atoms with E-state index in [1.807, 2.05) is 0 Å². The molecule has 0 aliphatic heterocycles. The molecule has 0 atom stereocenters. The number of aliphatic hydroxyl groups excluding tert-OH is 1. The Balaban J connectivity index is 2.41. The van der Waals surface area contributed by atoms with Gasteiger partial charge in [0.05, 0.1) is 6.61 Å². The first-order valence-electron chi connectivity index (χ1n) is 8.19. The quantitative estimate of drug-likeness (QED) is 0.341. The van der Waals surface area contributed by atoms with Gasteiger partial charge in [0.15, 0.2) is 0 Å². The predicted molar refractivity (Wildman–Crippen MR) is 67.9 cm³/mol. The topological polar surface area (TPSA) is 55.8 Å². The number of carbonyl (C=O) groups excluding carboxylic acids is 1. The van der Waals surface area contributed by atoms with Crippen LogP contribution in [0.4, 0.5) is 65.9 Å². The number of halogens is 15. The number of hydrogen-bond acceptors (Lipinski definition) is 4. The lowest BCUT2D eigenvalue weighted by Gasteiger charge is -2.74. The molecule has 4 rings (SSSR count). The fourth-order valence-electron chi connectivity index (χ4n) is 4.47.